The van der Waals surface area contributed by atoms with Crippen LogP contribution in [0.2, 0.25) is 0 Å². The molecule has 1 fully saturated rings. The highest BCUT2D eigenvalue weighted by Crippen LogP contribution is 2.42. The first kappa shape index (κ1) is 20.0. The van der Waals surface area contributed by atoms with E-state index in [0.717, 1.165) is 30.5 Å². The van der Waals surface area contributed by atoms with Crippen molar-refractivity contribution in [2.45, 2.75) is 44.1 Å². The molecule has 1 aliphatic carbocycles. The van der Waals surface area contributed by atoms with Crippen molar-refractivity contribution >= 4 is 11.9 Å². The Balaban J connectivity index is 1.61. The van der Waals surface area contributed by atoms with E-state index in [0.29, 0.717) is 12.8 Å². The number of benzene rings is 2. The van der Waals surface area contributed by atoms with Crippen LogP contribution in [0.4, 0.5) is 8.78 Å². The number of amides is 1. The summed E-state index contributed by atoms with van der Waals surface area (Å²) in [5, 5.41) is 2.58. The van der Waals surface area contributed by atoms with E-state index in [9.17, 15) is 18.4 Å². The molecule has 0 heterocycles. The van der Waals surface area contributed by atoms with Gasteiger partial charge in [-0.25, -0.2) is 8.78 Å². The second-order valence-corrected chi connectivity index (χ2v) is 7.19. The van der Waals surface area contributed by atoms with Crippen LogP contribution < -0.4 is 5.32 Å². The second kappa shape index (κ2) is 8.50. The first-order valence-electron chi connectivity index (χ1n) is 9.39. The van der Waals surface area contributed by atoms with E-state index < -0.39 is 41.6 Å². The third-order valence-corrected chi connectivity index (χ3v) is 5.32. The number of hydrogen-bond acceptors (Lipinski definition) is 3. The van der Waals surface area contributed by atoms with Gasteiger partial charge in [0.2, 0.25) is 0 Å². The van der Waals surface area contributed by atoms with Crippen molar-refractivity contribution in [2.75, 3.05) is 6.61 Å². The molecule has 1 atom stereocenters. The summed E-state index contributed by atoms with van der Waals surface area (Å²) in [5.41, 5.74) is 0.355. The number of hydrogen-bond donors (Lipinski definition) is 1. The van der Waals surface area contributed by atoms with Gasteiger partial charge in [-0.05, 0) is 31.4 Å². The third kappa shape index (κ3) is 4.21. The molecule has 1 amide bonds. The molecular formula is C22H23F2NO3. The van der Waals surface area contributed by atoms with Gasteiger partial charge in [-0.2, -0.15) is 0 Å². The number of esters is 1. The van der Waals surface area contributed by atoms with E-state index in [4.69, 9.17) is 4.74 Å². The molecule has 6 heteroatoms. The zero-order valence-corrected chi connectivity index (χ0v) is 15.7. The number of ether oxygens (including phenoxy) is 1. The summed E-state index contributed by atoms with van der Waals surface area (Å²) < 4.78 is 32.2. The molecule has 148 valence electrons. The Kier molecular flexibility index (Phi) is 6.07. The van der Waals surface area contributed by atoms with Crippen LogP contribution in [0.1, 0.15) is 49.8 Å². The van der Waals surface area contributed by atoms with Crippen LogP contribution in [0.3, 0.4) is 0 Å². The number of halogens is 2. The summed E-state index contributed by atoms with van der Waals surface area (Å²) in [5.74, 6) is -2.37. The monoisotopic (exact) mass is 387 g/mol. The van der Waals surface area contributed by atoms with Crippen LogP contribution in [-0.2, 0) is 19.7 Å². The van der Waals surface area contributed by atoms with Gasteiger partial charge >= 0.3 is 5.97 Å². The molecule has 0 bridgehead atoms. The highest BCUT2D eigenvalue weighted by molar-refractivity contribution is 5.86. The van der Waals surface area contributed by atoms with Gasteiger partial charge in [0.05, 0.1) is 11.5 Å². The topological polar surface area (TPSA) is 55.4 Å². The van der Waals surface area contributed by atoms with E-state index in [2.05, 4.69) is 5.32 Å². The minimum Gasteiger partial charge on any atom is -0.455 e. The third-order valence-electron chi connectivity index (χ3n) is 5.32. The Morgan fingerprint density at radius 3 is 2.43 bits per heavy atom. The van der Waals surface area contributed by atoms with E-state index in [1.54, 1.807) is 6.92 Å². The van der Waals surface area contributed by atoms with Gasteiger partial charge in [-0.3, -0.25) is 9.59 Å². The Labute approximate surface area is 162 Å². The Morgan fingerprint density at radius 1 is 1.11 bits per heavy atom. The van der Waals surface area contributed by atoms with Gasteiger partial charge in [0.15, 0.2) is 6.61 Å². The van der Waals surface area contributed by atoms with Crippen molar-refractivity contribution in [2.24, 2.45) is 0 Å². The number of carbonyl (C=O) groups is 2. The summed E-state index contributed by atoms with van der Waals surface area (Å²) in [7, 11) is 0. The van der Waals surface area contributed by atoms with Crippen molar-refractivity contribution < 1.29 is 23.1 Å². The van der Waals surface area contributed by atoms with Gasteiger partial charge in [-0.1, -0.05) is 49.2 Å². The molecule has 0 unspecified atom stereocenters. The lowest BCUT2D eigenvalue weighted by atomic mass is 9.79. The molecule has 1 aliphatic rings. The molecular weight excluding hydrogens is 364 g/mol. The molecule has 0 radical (unpaired) electrons. The highest BCUT2D eigenvalue weighted by Gasteiger charge is 2.44. The fraction of sp³-hybridized carbons (Fsp3) is 0.364. The van der Waals surface area contributed by atoms with E-state index in [-0.39, 0.29) is 5.56 Å². The van der Waals surface area contributed by atoms with E-state index in [1.807, 2.05) is 30.3 Å². The maximum Gasteiger partial charge on any atom is 0.317 e. The summed E-state index contributed by atoms with van der Waals surface area (Å²) in [6, 6.07) is 12.0. The highest BCUT2D eigenvalue weighted by atomic mass is 19.1. The average Bonchev–Trinajstić information content (AvgIpc) is 3.18. The Morgan fingerprint density at radius 2 is 1.79 bits per heavy atom. The van der Waals surface area contributed by atoms with Gasteiger partial charge < -0.3 is 10.1 Å². The van der Waals surface area contributed by atoms with Crippen molar-refractivity contribution in [3.05, 3.63) is 71.3 Å². The van der Waals surface area contributed by atoms with Crippen molar-refractivity contribution in [1.82, 2.24) is 5.32 Å². The van der Waals surface area contributed by atoms with Crippen LogP contribution in [0, 0.1) is 11.6 Å². The van der Waals surface area contributed by atoms with Crippen LogP contribution in [0.5, 0.6) is 0 Å². The van der Waals surface area contributed by atoms with E-state index >= 15 is 0 Å². The average molecular weight is 387 g/mol. The fourth-order valence-electron chi connectivity index (χ4n) is 3.83. The van der Waals surface area contributed by atoms with Crippen LogP contribution in [0.25, 0.3) is 0 Å². The van der Waals surface area contributed by atoms with Crippen molar-refractivity contribution in [3.63, 3.8) is 0 Å². The van der Waals surface area contributed by atoms with Crippen LogP contribution >= 0.6 is 0 Å². The standard InChI is InChI=1S/C22H23F2NO3/c1-15(18-10-9-17(23)13-19(18)24)25-20(26)14-28-21(27)22(11-5-6-12-22)16-7-3-2-4-8-16/h2-4,7-10,13,15H,5-6,11-12,14H2,1H3,(H,25,26)/t15-/m1/s1. The van der Waals surface area contributed by atoms with Gasteiger partial charge in [0.1, 0.15) is 11.6 Å². The predicted octanol–water partition coefficient (Wildman–Crippen LogP) is 4.20. The first-order valence-corrected chi connectivity index (χ1v) is 9.39. The maximum atomic E-state index is 13.8. The SMILES string of the molecule is C[C@@H](NC(=O)COC(=O)C1(c2ccccc2)CCCC1)c1ccc(F)cc1F. The van der Waals surface area contributed by atoms with Crippen LogP contribution in [-0.4, -0.2) is 18.5 Å². The molecule has 1 saturated carbocycles. The van der Waals surface area contributed by atoms with Crippen LogP contribution in [0.15, 0.2) is 48.5 Å². The zero-order valence-electron chi connectivity index (χ0n) is 15.7. The lowest BCUT2D eigenvalue weighted by Gasteiger charge is -2.27. The molecule has 2 aromatic rings. The number of rotatable bonds is 6. The maximum absolute atomic E-state index is 13.8. The summed E-state index contributed by atoms with van der Waals surface area (Å²) >= 11 is 0. The molecule has 0 saturated heterocycles. The summed E-state index contributed by atoms with van der Waals surface area (Å²) in [4.78, 5) is 25.0. The molecule has 3 rings (SSSR count). The molecule has 0 spiro atoms. The van der Waals surface area contributed by atoms with Crippen molar-refractivity contribution in [1.29, 1.82) is 0 Å². The largest absolute Gasteiger partial charge is 0.455 e. The lowest BCUT2D eigenvalue weighted by Crippen LogP contribution is -2.38. The summed E-state index contributed by atoms with van der Waals surface area (Å²) in [6.45, 7) is 1.14. The van der Waals surface area contributed by atoms with Gasteiger partial charge in [0.25, 0.3) is 5.91 Å². The quantitative estimate of drug-likeness (QED) is 0.756. The Hall–Kier alpha value is -2.76. The number of carbonyl (C=O) groups excluding carboxylic acids is 2. The molecule has 28 heavy (non-hydrogen) atoms. The fourth-order valence-corrected chi connectivity index (χ4v) is 3.83. The lowest BCUT2D eigenvalue weighted by molar-refractivity contribution is -0.154. The van der Waals surface area contributed by atoms with E-state index in [1.165, 1.54) is 6.07 Å². The molecule has 0 aromatic heterocycles. The summed E-state index contributed by atoms with van der Waals surface area (Å²) in [6.07, 6.45) is 3.23. The first-order chi connectivity index (χ1) is 13.4. The minimum atomic E-state index is -0.737. The molecule has 0 aliphatic heterocycles. The van der Waals surface area contributed by atoms with Crippen molar-refractivity contribution in [3.8, 4) is 0 Å². The zero-order chi connectivity index (χ0) is 20.1. The minimum absolute atomic E-state index is 0.164. The van der Waals surface area contributed by atoms with Gasteiger partial charge in [-0.15, -0.1) is 0 Å². The predicted molar refractivity (Wildman–Crippen MR) is 100 cm³/mol. The number of nitrogens with one attached hydrogen (secondary N) is 1. The smallest absolute Gasteiger partial charge is 0.317 e. The normalized spacial score (nSPS) is 16.4. The molecule has 1 N–H and O–H groups in total. The molecule has 4 nitrogen and oxygen atoms in total. The second-order valence-electron chi connectivity index (χ2n) is 7.19. The Bertz CT molecular complexity index is 848. The van der Waals surface area contributed by atoms with Gasteiger partial charge in [0, 0.05) is 11.6 Å². The molecule has 2 aromatic carbocycles.